The molecule has 4 aliphatic carbocycles. The molecule has 0 aliphatic heterocycles. The first-order valence-corrected chi connectivity index (χ1v) is 18.9. The molecule has 2 aromatic rings. The second-order valence-electron chi connectivity index (χ2n) is 16.6. The van der Waals surface area contributed by atoms with E-state index in [4.69, 9.17) is 16.2 Å². The maximum Gasteiger partial charge on any atom is 0.306 e. The highest BCUT2D eigenvalue weighted by atomic mass is 16.5. The van der Waals surface area contributed by atoms with Crippen molar-refractivity contribution in [3.8, 4) is 11.8 Å². The van der Waals surface area contributed by atoms with Crippen LogP contribution in [0.4, 0.5) is 0 Å². The number of ether oxygens (including phenoxy) is 1. The summed E-state index contributed by atoms with van der Waals surface area (Å²) in [5, 5.41) is 35.6. The molecule has 4 aliphatic rings. The molecule has 4 saturated carbocycles. The molecule has 9 nitrogen and oxygen atoms in total. The molecule has 0 spiro atoms. The van der Waals surface area contributed by atoms with Crippen molar-refractivity contribution in [1.29, 1.82) is 0 Å². The van der Waals surface area contributed by atoms with Crippen LogP contribution in [0.5, 0.6) is 0 Å². The molecule has 1 amide bonds. The fourth-order valence-electron chi connectivity index (χ4n) is 10.8. The van der Waals surface area contributed by atoms with E-state index in [1.807, 2.05) is 54.6 Å². The van der Waals surface area contributed by atoms with Gasteiger partial charge in [-0.3, -0.25) is 9.59 Å². The number of carbonyl (C=O) groups is 2. The van der Waals surface area contributed by atoms with E-state index in [0.717, 1.165) is 36.0 Å². The van der Waals surface area contributed by atoms with Crippen molar-refractivity contribution in [2.75, 3.05) is 0 Å². The number of hydrogen-bond donors (Lipinski definition) is 5. The molecule has 4 fully saturated rings. The summed E-state index contributed by atoms with van der Waals surface area (Å²) in [5.41, 5.74) is 11.4. The average Bonchev–Trinajstić information content (AvgIpc) is 3.48. The van der Waals surface area contributed by atoms with Gasteiger partial charge in [-0.2, -0.15) is 4.99 Å². The third-order valence-corrected chi connectivity index (χ3v) is 13.7. The Hall–Kier alpha value is -3.97. The molecular weight excluding hydrogens is 654 g/mol. The van der Waals surface area contributed by atoms with Crippen molar-refractivity contribution in [3.05, 3.63) is 77.4 Å². The largest absolute Gasteiger partial charge is 0.461 e. The number of rotatable bonds is 8. The maximum absolute atomic E-state index is 12.6. The van der Waals surface area contributed by atoms with Crippen molar-refractivity contribution < 1.29 is 29.6 Å². The average molecular weight is 710 g/mol. The van der Waals surface area contributed by atoms with Gasteiger partial charge in [0.15, 0.2) is 5.96 Å². The second kappa shape index (κ2) is 15.2. The van der Waals surface area contributed by atoms with Crippen LogP contribution in [-0.4, -0.2) is 51.0 Å². The summed E-state index contributed by atoms with van der Waals surface area (Å²) in [6.07, 6.45) is 8.01. The van der Waals surface area contributed by atoms with E-state index in [9.17, 15) is 24.9 Å². The highest BCUT2D eigenvalue weighted by Gasteiger charge is 2.66. The zero-order valence-corrected chi connectivity index (χ0v) is 30.7. The van der Waals surface area contributed by atoms with Crippen molar-refractivity contribution in [1.82, 2.24) is 0 Å². The minimum atomic E-state index is -1.17. The van der Waals surface area contributed by atoms with Crippen LogP contribution in [0.2, 0.25) is 0 Å². The molecule has 7 N–H and O–H groups in total. The molecule has 278 valence electrons. The van der Waals surface area contributed by atoms with Crippen LogP contribution in [0.15, 0.2) is 65.7 Å². The summed E-state index contributed by atoms with van der Waals surface area (Å²) in [4.78, 5) is 27.8. The third kappa shape index (κ3) is 7.71. The van der Waals surface area contributed by atoms with E-state index in [0.29, 0.717) is 38.5 Å². The fourth-order valence-corrected chi connectivity index (χ4v) is 10.8. The highest BCUT2D eigenvalue weighted by molar-refractivity contribution is 5.99. The van der Waals surface area contributed by atoms with Gasteiger partial charge in [0.25, 0.3) is 5.91 Å². The van der Waals surface area contributed by atoms with E-state index < -0.39 is 23.7 Å². The number of aliphatic hydroxyl groups excluding tert-OH is 2. The van der Waals surface area contributed by atoms with Crippen LogP contribution in [-0.2, 0) is 20.9 Å². The molecular formula is C43H55N3O6. The van der Waals surface area contributed by atoms with Crippen molar-refractivity contribution in [3.63, 3.8) is 0 Å². The molecule has 52 heavy (non-hydrogen) atoms. The van der Waals surface area contributed by atoms with E-state index in [1.54, 1.807) is 6.08 Å². The minimum absolute atomic E-state index is 0.0849. The molecule has 0 aromatic heterocycles. The lowest BCUT2D eigenvalue weighted by atomic mass is 9.42. The first kappa shape index (κ1) is 37.8. The van der Waals surface area contributed by atoms with Crippen LogP contribution in [0, 0.1) is 58.2 Å². The topological polar surface area (TPSA) is 168 Å². The number of aliphatic imine (C=N–C) groups is 1. The number of esters is 1. The van der Waals surface area contributed by atoms with E-state index >= 15 is 0 Å². The van der Waals surface area contributed by atoms with Gasteiger partial charge in [0.2, 0.25) is 0 Å². The molecule has 0 bridgehead atoms. The Morgan fingerprint density at radius 3 is 2.46 bits per heavy atom. The Morgan fingerprint density at radius 2 is 1.75 bits per heavy atom. The van der Waals surface area contributed by atoms with Gasteiger partial charge in [-0.1, -0.05) is 75.1 Å². The first-order chi connectivity index (χ1) is 24.7. The monoisotopic (exact) mass is 709 g/mol. The standard InChI is InChI=1S/C43H55N3O6/c1-27(9-18-38(50)52-26-30-7-5-4-6-8-30)32-15-16-33-39-34(24-36(48)42(32,33)3)41(2)21-22-43(51,25-31(41)23-35(39)47)20-19-29-12-10-28(11-13-29)14-17-37(49)46-40(44)45/h4-8,10-14,17,27,31-36,39,47-48,51H,9,15-16,18,21-26H2,1-3H3,(H4,44,45,46,49)/b17-14+/t27?,31?,32?,33?,34?,35?,36-,39?,41-,42+,43+/m0/s1. The summed E-state index contributed by atoms with van der Waals surface area (Å²) in [6.45, 7) is 7.06. The first-order valence-electron chi connectivity index (χ1n) is 18.9. The highest BCUT2D eigenvalue weighted by Crippen LogP contribution is 2.69. The summed E-state index contributed by atoms with van der Waals surface area (Å²) in [7, 11) is 0. The van der Waals surface area contributed by atoms with Crippen molar-refractivity contribution in [2.24, 2.45) is 62.8 Å². The van der Waals surface area contributed by atoms with Crippen LogP contribution < -0.4 is 11.5 Å². The minimum Gasteiger partial charge on any atom is -0.461 e. The molecule has 0 saturated heterocycles. The van der Waals surface area contributed by atoms with Crippen molar-refractivity contribution in [2.45, 2.75) is 103 Å². The number of amides is 1. The van der Waals surface area contributed by atoms with Gasteiger partial charge in [0, 0.05) is 18.1 Å². The quantitative estimate of drug-likeness (QED) is 0.0805. The predicted octanol–water partition coefficient (Wildman–Crippen LogP) is 5.34. The number of nitrogens with two attached hydrogens (primary N) is 2. The van der Waals surface area contributed by atoms with Crippen LogP contribution in [0.3, 0.4) is 0 Å². The van der Waals surface area contributed by atoms with E-state index in [1.165, 1.54) is 6.08 Å². The second-order valence-corrected chi connectivity index (χ2v) is 16.6. The maximum atomic E-state index is 12.6. The Balaban J connectivity index is 1.08. The van der Waals surface area contributed by atoms with Crippen LogP contribution in [0.1, 0.15) is 95.2 Å². The van der Waals surface area contributed by atoms with E-state index in [-0.39, 0.29) is 64.9 Å². The Bertz CT molecular complexity index is 1730. The summed E-state index contributed by atoms with van der Waals surface area (Å²) in [5.74, 6) is 6.36. The number of fused-ring (bicyclic) bond motifs is 5. The number of benzene rings is 2. The molecule has 0 heterocycles. The van der Waals surface area contributed by atoms with Gasteiger partial charge in [-0.25, -0.2) is 0 Å². The molecule has 2 aromatic carbocycles. The third-order valence-electron chi connectivity index (χ3n) is 13.7. The van der Waals surface area contributed by atoms with Gasteiger partial charge in [-0.05, 0) is 127 Å². The number of nitrogens with zero attached hydrogens (tertiary/aromatic N) is 1. The summed E-state index contributed by atoms with van der Waals surface area (Å²) >= 11 is 0. The van der Waals surface area contributed by atoms with Gasteiger partial charge >= 0.3 is 5.97 Å². The molecule has 0 radical (unpaired) electrons. The lowest BCUT2D eigenvalue weighted by Crippen LogP contribution is -2.63. The van der Waals surface area contributed by atoms with Gasteiger partial charge in [0.05, 0.1) is 12.2 Å². The number of hydrogen-bond acceptors (Lipinski definition) is 6. The SMILES string of the molecule is CC(CCC(=O)OCc1ccccc1)C1CCC2C3C(O)CC4C[C@@](O)(C#Cc5ccc(/C=C/C(=O)N=C(N)N)cc5)CC[C@]4(C)C3C[C@H](O)[C@]12C. The Kier molecular flexibility index (Phi) is 11.0. The van der Waals surface area contributed by atoms with Crippen LogP contribution in [0.25, 0.3) is 6.08 Å². The normalized spacial score (nSPS) is 35.6. The van der Waals surface area contributed by atoms with Gasteiger partial charge in [0.1, 0.15) is 12.2 Å². The molecule has 11 atom stereocenters. The zero-order chi connectivity index (χ0) is 37.3. The van der Waals surface area contributed by atoms with Gasteiger partial charge < -0.3 is 31.5 Å². The number of guanidine groups is 1. The van der Waals surface area contributed by atoms with Gasteiger partial charge in [-0.15, -0.1) is 0 Å². The Morgan fingerprint density at radius 1 is 1.02 bits per heavy atom. The molecule has 7 unspecified atom stereocenters. The summed E-state index contributed by atoms with van der Waals surface area (Å²) < 4.78 is 5.55. The lowest BCUT2D eigenvalue weighted by molar-refractivity contribution is -0.211. The zero-order valence-electron chi connectivity index (χ0n) is 30.7. The van der Waals surface area contributed by atoms with Crippen molar-refractivity contribution >= 4 is 23.9 Å². The number of carbonyl (C=O) groups excluding carboxylic acids is 2. The van der Waals surface area contributed by atoms with E-state index in [2.05, 4.69) is 37.6 Å². The fraction of sp³-hybridized carbons (Fsp3) is 0.558. The Labute approximate surface area is 307 Å². The molecule has 6 rings (SSSR count). The summed E-state index contributed by atoms with van der Waals surface area (Å²) in [6, 6.07) is 17.1. The number of aliphatic hydroxyl groups is 3. The van der Waals surface area contributed by atoms with Crippen LogP contribution >= 0.6 is 0 Å². The predicted molar refractivity (Wildman–Crippen MR) is 201 cm³/mol. The molecule has 9 heteroatoms. The smallest absolute Gasteiger partial charge is 0.306 e. The lowest BCUT2D eigenvalue weighted by Gasteiger charge is -2.64.